The predicted molar refractivity (Wildman–Crippen MR) is 73.5 cm³/mol. The van der Waals surface area contributed by atoms with E-state index < -0.39 is 11.9 Å². The highest BCUT2D eigenvalue weighted by atomic mass is 16.5. The fourth-order valence-electron chi connectivity index (χ4n) is 2.94. The van der Waals surface area contributed by atoms with Crippen LogP contribution in [0.5, 0.6) is 0 Å². The van der Waals surface area contributed by atoms with E-state index >= 15 is 0 Å². The molecule has 3 atom stereocenters. The maximum absolute atomic E-state index is 12.0. The lowest BCUT2D eigenvalue weighted by Gasteiger charge is -2.23. The molecule has 114 valence electrons. The molecule has 0 spiro atoms. The standard InChI is InChI=1S/C14H24N2O4/c1-10-8-16(9-12(10)13(17)18)14(19)15-6-5-11-4-2-3-7-20-11/h10-12H,2-9H2,1H3,(H,15,19)(H,17,18)/t10-,11?,12-/m1/s1. The highest BCUT2D eigenvalue weighted by Crippen LogP contribution is 2.23. The van der Waals surface area contributed by atoms with Gasteiger partial charge in [-0.25, -0.2) is 4.79 Å². The molecule has 2 saturated heterocycles. The molecular weight excluding hydrogens is 260 g/mol. The van der Waals surface area contributed by atoms with Crippen molar-refractivity contribution in [1.82, 2.24) is 10.2 Å². The Bertz CT molecular complexity index is 355. The molecule has 2 rings (SSSR count). The average Bonchev–Trinajstić information content (AvgIpc) is 2.82. The fourth-order valence-corrected chi connectivity index (χ4v) is 2.94. The number of carboxylic acids is 1. The van der Waals surface area contributed by atoms with Crippen LogP contribution in [0, 0.1) is 11.8 Å². The maximum Gasteiger partial charge on any atom is 0.317 e. The summed E-state index contributed by atoms with van der Waals surface area (Å²) in [5, 5.41) is 11.9. The molecule has 2 N–H and O–H groups in total. The summed E-state index contributed by atoms with van der Waals surface area (Å²) in [6.07, 6.45) is 4.48. The van der Waals surface area contributed by atoms with E-state index in [1.807, 2.05) is 6.92 Å². The van der Waals surface area contributed by atoms with Gasteiger partial charge < -0.3 is 20.1 Å². The molecule has 6 nitrogen and oxygen atoms in total. The lowest BCUT2D eigenvalue weighted by Crippen LogP contribution is -2.40. The number of aliphatic carboxylic acids is 1. The Morgan fingerprint density at radius 2 is 2.15 bits per heavy atom. The maximum atomic E-state index is 12.0. The van der Waals surface area contributed by atoms with Crippen molar-refractivity contribution < 1.29 is 19.4 Å². The van der Waals surface area contributed by atoms with Crippen molar-refractivity contribution in [1.29, 1.82) is 0 Å². The summed E-state index contributed by atoms with van der Waals surface area (Å²) in [4.78, 5) is 24.6. The quantitative estimate of drug-likeness (QED) is 0.816. The number of ether oxygens (including phenoxy) is 1. The van der Waals surface area contributed by atoms with E-state index in [2.05, 4.69) is 5.32 Å². The minimum atomic E-state index is -0.816. The number of rotatable bonds is 4. The van der Waals surface area contributed by atoms with Gasteiger partial charge in [0.2, 0.25) is 0 Å². The Hall–Kier alpha value is -1.30. The largest absolute Gasteiger partial charge is 0.481 e. The van der Waals surface area contributed by atoms with Crippen LogP contribution in [0.1, 0.15) is 32.6 Å². The third-order valence-electron chi connectivity index (χ3n) is 4.23. The number of hydrogen-bond donors (Lipinski definition) is 2. The topological polar surface area (TPSA) is 78.9 Å². The smallest absolute Gasteiger partial charge is 0.317 e. The first kappa shape index (κ1) is 15.1. The monoisotopic (exact) mass is 284 g/mol. The molecule has 0 saturated carbocycles. The number of carboxylic acid groups (broad SMARTS) is 1. The molecule has 2 aliphatic heterocycles. The molecule has 2 amide bonds. The van der Waals surface area contributed by atoms with Crippen LogP contribution in [0.2, 0.25) is 0 Å². The number of nitrogens with zero attached hydrogens (tertiary/aromatic N) is 1. The van der Waals surface area contributed by atoms with Gasteiger partial charge in [0.1, 0.15) is 0 Å². The second-order valence-corrected chi connectivity index (χ2v) is 5.84. The first-order chi connectivity index (χ1) is 9.58. The number of urea groups is 1. The molecule has 2 fully saturated rings. The van der Waals surface area contributed by atoms with Gasteiger partial charge in [-0.15, -0.1) is 0 Å². The number of carbonyl (C=O) groups is 2. The van der Waals surface area contributed by atoms with Gasteiger partial charge in [0, 0.05) is 26.2 Å². The summed E-state index contributed by atoms with van der Waals surface area (Å²) in [7, 11) is 0. The van der Waals surface area contributed by atoms with Crippen molar-refractivity contribution in [2.75, 3.05) is 26.2 Å². The second-order valence-electron chi connectivity index (χ2n) is 5.84. The Kier molecular flexibility index (Phi) is 5.23. The van der Waals surface area contributed by atoms with Crippen molar-refractivity contribution in [2.45, 2.75) is 38.7 Å². The third-order valence-corrected chi connectivity index (χ3v) is 4.23. The van der Waals surface area contributed by atoms with Crippen molar-refractivity contribution in [2.24, 2.45) is 11.8 Å². The van der Waals surface area contributed by atoms with Crippen molar-refractivity contribution in [3.63, 3.8) is 0 Å². The van der Waals surface area contributed by atoms with Crippen LogP contribution in [0.4, 0.5) is 4.79 Å². The van der Waals surface area contributed by atoms with Gasteiger partial charge in [0.25, 0.3) is 0 Å². The molecule has 0 bridgehead atoms. The van der Waals surface area contributed by atoms with Crippen molar-refractivity contribution >= 4 is 12.0 Å². The zero-order chi connectivity index (χ0) is 14.5. The first-order valence-electron chi connectivity index (χ1n) is 7.45. The average molecular weight is 284 g/mol. The molecule has 0 aromatic carbocycles. The van der Waals surface area contributed by atoms with Gasteiger partial charge in [-0.3, -0.25) is 4.79 Å². The fraction of sp³-hybridized carbons (Fsp3) is 0.857. The number of hydrogen-bond acceptors (Lipinski definition) is 3. The summed E-state index contributed by atoms with van der Waals surface area (Å²) in [5.74, 6) is -1.24. The van der Waals surface area contributed by atoms with Crippen LogP contribution in [0.15, 0.2) is 0 Å². The molecular formula is C14H24N2O4. The van der Waals surface area contributed by atoms with Gasteiger partial charge in [0.15, 0.2) is 0 Å². The second kappa shape index (κ2) is 6.92. The predicted octanol–water partition coefficient (Wildman–Crippen LogP) is 1.31. The third kappa shape index (κ3) is 3.85. The molecule has 0 aromatic rings. The zero-order valence-corrected chi connectivity index (χ0v) is 12.0. The van der Waals surface area contributed by atoms with Crippen molar-refractivity contribution in [3.8, 4) is 0 Å². The van der Waals surface area contributed by atoms with E-state index in [0.717, 1.165) is 25.9 Å². The van der Waals surface area contributed by atoms with Crippen LogP contribution in [0.3, 0.4) is 0 Å². The molecule has 0 radical (unpaired) electrons. The normalized spacial score (nSPS) is 30.2. The molecule has 1 unspecified atom stereocenters. The van der Waals surface area contributed by atoms with E-state index in [-0.39, 0.29) is 18.1 Å². The number of amides is 2. The highest BCUT2D eigenvalue weighted by Gasteiger charge is 2.36. The molecule has 2 heterocycles. The molecule has 6 heteroatoms. The van der Waals surface area contributed by atoms with E-state index in [1.165, 1.54) is 6.42 Å². The van der Waals surface area contributed by atoms with Gasteiger partial charge in [-0.05, 0) is 31.6 Å². The minimum absolute atomic E-state index is 0.0138. The highest BCUT2D eigenvalue weighted by molar-refractivity contribution is 5.77. The Labute approximate surface area is 119 Å². The molecule has 0 aromatic heterocycles. The van der Waals surface area contributed by atoms with E-state index in [0.29, 0.717) is 19.6 Å². The Morgan fingerprint density at radius 1 is 1.35 bits per heavy atom. The SMILES string of the molecule is C[C@@H]1CN(C(=O)NCCC2CCCCO2)C[C@H]1C(=O)O. The molecule has 2 aliphatic rings. The van der Waals surface area contributed by atoms with E-state index in [9.17, 15) is 9.59 Å². The van der Waals surface area contributed by atoms with Gasteiger partial charge in [0.05, 0.1) is 12.0 Å². The van der Waals surface area contributed by atoms with E-state index in [1.54, 1.807) is 4.90 Å². The van der Waals surface area contributed by atoms with Crippen LogP contribution < -0.4 is 5.32 Å². The summed E-state index contributed by atoms with van der Waals surface area (Å²) in [6, 6.07) is -0.156. The van der Waals surface area contributed by atoms with Gasteiger partial charge in [-0.2, -0.15) is 0 Å². The minimum Gasteiger partial charge on any atom is -0.481 e. The van der Waals surface area contributed by atoms with Crippen LogP contribution >= 0.6 is 0 Å². The summed E-state index contributed by atoms with van der Waals surface area (Å²) >= 11 is 0. The van der Waals surface area contributed by atoms with Crippen molar-refractivity contribution in [3.05, 3.63) is 0 Å². The summed E-state index contributed by atoms with van der Waals surface area (Å²) in [5.41, 5.74) is 0. The number of carbonyl (C=O) groups excluding carboxylic acids is 1. The summed E-state index contributed by atoms with van der Waals surface area (Å²) in [6.45, 7) is 4.11. The number of likely N-dealkylation sites (tertiary alicyclic amines) is 1. The summed E-state index contributed by atoms with van der Waals surface area (Å²) < 4.78 is 5.61. The van der Waals surface area contributed by atoms with Crippen LogP contribution in [0.25, 0.3) is 0 Å². The van der Waals surface area contributed by atoms with Gasteiger partial charge >= 0.3 is 12.0 Å². The Balaban J connectivity index is 1.68. The van der Waals surface area contributed by atoms with Crippen LogP contribution in [-0.2, 0) is 9.53 Å². The lowest BCUT2D eigenvalue weighted by molar-refractivity contribution is -0.142. The Morgan fingerprint density at radius 3 is 2.75 bits per heavy atom. The number of nitrogens with one attached hydrogen (secondary N) is 1. The van der Waals surface area contributed by atoms with E-state index in [4.69, 9.17) is 9.84 Å². The van der Waals surface area contributed by atoms with Gasteiger partial charge in [-0.1, -0.05) is 6.92 Å². The molecule has 0 aliphatic carbocycles. The first-order valence-corrected chi connectivity index (χ1v) is 7.45. The zero-order valence-electron chi connectivity index (χ0n) is 12.0. The lowest BCUT2D eigenvalue weighted by atomic mass is 9.99. The van der Waals surface area contributed by atoms with Crippen LogP contribution in [-0.4, -0.2) is 54.4 Å². The molecule has 20 heavy (non-hydrogen) atoms.